The van der Waals surface area contributed by atoms with Gasteiger partial charge in [0.1, 0.15) is 0 Å². The van der Waals surface area contributed by atoms with Gasteiger partial charge in [0.2, 0.25) is 5.91 Å². The monoisotopic (exact) mass is 251 g/mol. The maximum absolute atomic E-state index is 12.1. The first kappa shape index (κ1) is 15.3. The van der Waals surface area contributed by atoms with Crippen LogP contribution >= 0.6 is 0 Å². The minimum atomic E-state index is 0.180. The third-order valence-electron chi connectivity index (χ3n) is 3.88. The molecule has 0 aromatic heterocycles. The summed E-state index contributed by atoms with van der Waals surface area (Å²) >= 11 is 0. The molecule has 1 amide bonds. The van der Waals surface area contributed by atoms with Gasteiger partial charge in [0.15, 0.2) is 0 Å². The number of hydrogen-bond acceptors (Lipinski definition) is 1. The molecule has 0 spiro atoms. The van der Waals surface area contributed by atoms with Crippen molar-refractivity contribution in [3.63, 3.8) is 0 Å². The van der Waals surface area contributed by atoms with Gasteiger partial charge >= 0.3 is 0 Å². The summed E-state index contributed by atoms with van der Waals surface area (Å²) in [5.41, 5.74) is 0.985. The summed E-state index contributed by atoms with van der Waals surface area (Å²) in [6.07, 6.45) is 14.1. The summed E-state index contributed by atoms with van der Waals surface area (Å²) in [5.74, 6) is 0.180. The van der Waals surface area contributed by atoms with Crippen LogP contribution in [0.15, 0.2) is 11.6 Å². The normalized spacial score (nSPS) is 17.1. The van der Waals surface area contributed by atoms with Crippen molar-refractivity contribution < 1.29 is 4.79 Å². The van der Waals surface area contributed by atoms with Gasteiger partial charge < -0.3 is 5.32 Å². The zero-order valence-corrected chi connectivity index (χ0v) is 12.1. The molecule has 1 fully saturated rings. The van der Waals surface area contributed by atoms with E-state index < -0.39 is 0 Å². The van der Waals surface area contributed by atoms with Crippen LogP contribution < -0.4 is 5.32 Å². The van der Waals surface area contributed by atoms with E-state index in [4.69, 9.17) is 0 Å². The van der Waals surface area contributed by atoms with Gasteiger partial charge in [-0.2, -0.15) is 0 Å². The molecule has 1 rings (SSSR count). The highest BCUT2D eigenvalue weighted by Gasteiger charge is 2.18. The third kappa shape index (κ3) is 5.70. The topological polar surface area (TPSA) is 29.1 Å². The lowest BCUT2D eigenvalue weighted by Gasteiger charge is -2.14. The number of rotatable bonds is 8. The first-order valence-corrected chi connectivity index (χ1v) is 7.74. The highest BCUT2D eigenvalue weighted by Crippen LogP contribution is 2.19. The second-order valence-corrected chi connectivity index (χ2v) is 5.43. The Morgan fingerprint density at radius 3 is 2.44 bits per heavy atom. The Bertz CT molecular complexity index is 264. The fourth-order valence-electron chi connectivity index (χ4n) is 2.66. The predicted octanol–water partition coefficient (Wildman–Crippen LogP) is 4.35. The van der Waals surface area contributed by atoms with Crippen LogP contribution in [0.1, 0.15) is 78.1 Å². The summed E-state index contributed by atoms with van der Waals surface area (Å²) in [5, 5.41) is 3.17. The summed E-state index contributed by atoms with van der Waals surface area (Å²) in [6, 6.07) is 0.438. The number of allylic oxidation sites excluding steroid dienone is 1. The second kappa shape index (κ2) is 9.18. The zero-order chi connectivity index (χ0) is 13.2. The van der Waals surface area contributed by atoms with Gasteiger partial charge in [-0.25, -0.2) is 0 Å². The number of hydrogen-bond donors (Lipinski definition) is 1. The molecule has 2 heteroatoms. The van der Waals surface area contributed by atoms with Crippen molar-refractivity contribution in [2.45, 2.75) is 84.1 Å². The first-order valence-electron chi connectivity index (χ1n) is 7.74. The Balaban J connectivity index is 2.20. The average molecular weight is 251 g/mol. The molecule has 0 bridgehead atoms. The fourth-order valence-corrected chi connectivity index (χ4v) is 2.66. The molecule has 2 nitrogen and oxygen atoms in total. The predicted molar refractivity (Wildman–Crippen MR) is 77.5 cm³/mol. The summed E-state index contributed by atoms with van der Waals surface area (Å²) in [4.78, 5) is 12.1. The van der Waals surface area contributed by atoms with Gasteiger partial charge in [-0.15, -0.1) is 0 Å². The van der Waals surface area contributed by atoms with Crippen molar-refractivity contribution in [2.75, 3.05) is 0 Å². The second-order valence-electron chi connectivity index (χ2n) is 5.43. The fraction of sp³-hybridized carbons (Fsp3) is 0.812. The molecule has 0 radical (unpaired) electrons. The zero-order valence-electron chi connectivity index (χ0n) is 12.1. The molecule has 1 saturated carbocycles. The van der Waals surface area contributed by atoms with Gasteiger partial charge in [-0.3, -0.25) is 4.79 Å². The van der Waals surface area contributed by atoms with Crippen molar-refractivity contribution in [1.29, 1.82) is 0 Å². The molecule has 1 aliphatic rings. The lowest BCUT2D eigenvalue weighted by Crippen LogP contribution is -2.33. The SMILES string of the molecule is CC=C(CCCCCCC)C(=O)NC1CCCC1. The highest BCUT2D eigenvalue weighted by molar-refractivity contribution is 5.93. The molecule has 0 saturated heterocycles. The molecule has 0 aromatic rings. The quantitative estimate of drug-likeness (QED) is 0.504. The van der Waals surface area contributed by atoms with Crippen molar-refractivity contribution >= 4 is 5.91 Å². The summed E-state index contributed by atoms with van der Waals surface area (Å²) in [7, 11) is 0. The van der Waals surface area contributed by atoms with Crippen LogP contribution in [-0.4, -0.2) is 11.9 Å². The smallest absolute Gasteiger partial charge is 0.247 e. The number of unbranched alkanes of at least 4 members (excludes halogenated alkanes) is 4. The van der Waals surface area contributed by atoms with E-state index in [-0.39, 0.29) is 5.91 Å². The molecule has 0 aliphatic heterocycles. The molecular weight excluding hydrogens is 222 g/mol. The maximum atomic E-state index is 12.1. The minimum Gasteiger partial charge on any atom is -0.350 e. The van der Waals surface area contributed by atoms with Gasteiger partial charge in [0.05, 0.1) is 0 Å². The Morgan fingerprint density at radius 2 is 1.83 bits per heavy atom. The van der Waals surface area contributed by atoms with E-state index in [1.165, 1.54) is 51.4 Å². The largest absolute Gasteiger partial charge is 0.350 e. The van der Waals surface area contributed by atoms with Crippen molar-refractivity contribution in [1.82, 2.24) is 5.32 Å². The summed E-state index contributed by atoms with van der Waals surface area (Å²) < 4.78 is 0. The lowest BCUT2D eigenvalue weighted by molar-refractivity contribution is -0.118. The number of carbonyl (C=O) groups excluding carboxylic acids is 1. The Morgan fingerprint density at radius 1 is 1.17 bits per heavy atom. The van der Waals surface area contributed by atoms with Crippen LogP contribution in [0.3, 0.4) is 0 Å². The van der Waals surface area contributed by atoms with Crippen molar-refractivity contribution in [3.8, 4) is 0 Å². The molecule has 0 heterocycles. The van der Waals surface area contributed by atoms with Crippen LogP contribution in [0.4, 0.5) is 0 Å². The lowest BCUT2D eigenvalue weighted by atomic mass is 10.0. The van der Waals surface area contributed by atoms with E-state index >= 15 is 0 Å². The maximum Gasteiger partial charge on any atom is 0.247 e. The van der Waals surface area contributed by atoms with E-state index in [2.05, 4.69) is 12.2 Å². The molecular formula is C16H29NO. The molecule has 0 atom stereocenters. The molecule has 0 aromatic carbocycles. The number of nitrogens with one attached hydrogen (secondary N) is 1. The van der Waals surface area contributed by atoms with Gasteiger partial charge in [-0.05, 0) is 32.6 Å². The van der Waals surface area contributed by atoms with Gasteiger partial charge in [0, 0.05) is 11.6 Å². The first-order chi connectivity index (χ1) is 8.77. The molecule has 0 unspecified atom stereocenters. The molecule has 1 N–H and O–H groups in total. The van der Waals surface area contributed by atoms with Crippen LogP contribution in [0.25, 0.3) is 0 Å². The average Bonchev–Trinajstić information content (AvgIpc) is 2.86. The standard InChI is InChI=1S/C16H29NO/c1-3-5-6-7-8-11-14(4-2)16(18)17-15-12-9-10-13-15/h4,15H,3,5-13H2,1-2H3,(H,17,18). The van der Waals surface area contributed by atoms with Crippen LogP contribution in [0.5, 0.6) is 0 Å². The Hall–Kier alpha value is -0.790. The van der Waals surface area contributed by atoms with E-state index in [0.717, 1.165) is 18.4 Å². The van der Waals surface area contributed by atoms with Crippen LogP contribution in [0, 0.1) is 0 Å². The van der Waals surface area contributed by atoms with E-state index in [1.807, 2.05) is 13.0 Å². The van der Waals surface area contributed by atoms with Gasteiger partial charge in [0.25, 0.3) is 0 Å². The van der Waals surface area contributed by atoms with Crippen molar-refractivity contribution in [2.24, 2.45) is 0 Å². The summed E-state index contributed by atoms with van der Waals surface area (Å²) in [6.45, 7) is 4.21. The Kier molecular flexibility index (Phi) is 7.79. The van der Waals surface area contributed by atoms with Crippen molar-refractivity contribution in [3.05, 3.63) is 11.6 Å². The van der Waals surface area contributed by atoms with E-state index in [0.29, 0.717) is 6.04 Å². The number of carbonyl (C=O) groups is 1. The van der Waals surface area contributed by atoms with Crippen LogP contribution in [0.2, 0.25) is 0 Å². The molecule has 18 heavy (non-hydrogen) atoms. The van der Waals surface area contributed by atoms with Gasteiger partial charge in [-0.1, -0.05) is 51.5 Å². The van der Waals surface area contributed by atoms with Crippen LogP contribution in [-0.2, 0) is 4.79 Å². The highest BCUT2D eigenvalue weighted by atomic mass is 16.1. The molecule has 1 aliphatic carbocycles. The third-order valence-corrected chi connectivity index (χ3v) is 3.88. The Labute approximate surface area is 112 Å². The van der Waals surface area contributed by atoms with E-state index in [1.54, 1.807) is 0 Å². The number of amides is 1. The van der Waals surface area contributed by atoms with E-state index in [9.17, 15) is 4.79 Å². The molecule has 104 valence electrons. The minimum absolute atomic E-state index is 0.180.